The molecular weight excluding hydrogens is 312 g/mol. The van der Waals surface area contributed by atoms with E-state index in [1.807, 2.05) is 50.9 Å². The summed E-state index contributed by atoms with van der Waals surface area (Å²) in [7, 11) is 1.98. The Morgan fingerprint density at radius 3 is 2.52 bits per heavy atom. The van der Waals surface area contributed by atoms with Crippen LogP contribution in [0.3, 0.4) is 0 Å². The van der Waals surface area contributed by atoms with Crippen LogP contribution in [0.2, 0.25) is 5.02 Å². The standard InChI is InChI=1S/C18H27ClN2O2/c1-18(2,3)23-17(22)21-10-8-13(9-11-21)16(20-4)14-6-5-7-15(19)12-14/h5-7,12-13,16,20H,8-11H2,1-4H3. The van der Waals surface area contributed by atoms with Crippen molar-refractivity contribution in [1.82, 2.24) is 10.2 Å². The largest absolute Gasteiger partial charge is 0.444 e. The van der Waals surface area contributed by atoms with Gasteiger partial charge in [0.15, 0.2) is 0 Å². The number of nitrogens with zero attached hydrogens (tertiary/aromatic N) is 1. The van der Waals surface area contributed by atoms with Gasteiger partial charge in [0.2, 0.25) is 0 Å². The average molecular weight is 339 g/mol. The molecular formula is C18H27ClN2O2. The minimum absolute atomic E-state index is 0.209. The van der Waals surface area contributed by atoms with Crippen LogP contribution in [0, 0.1) is 5.92 Å². The van der Waals surface area contributed by atoms with Gasteiger partial charge in [0.1, 0.15) is 5.60 Å². The maximum Gasteiger partial charge on any atom is 0.410 e. The van der Waals surface area contributed by atoms with Gasteiger partial charge in [-0.1, -0.05) is 23.7 Å². The molecule has 1 fully saturated rings. The number of hydrogen-bond donors (Lipinski definition) is 1. The number of piperidine rings is 1. The molecule has 0 aliphatic carbocycles. The highest BCUT2D eigenvalue weighted by Gasteiger charge is 2.30. The zero-order valence-corrected chi connectivity index (χ0v) is 15.2. The van der Waals surface area contributed by atoms with Crippen molar-refractivity contribution in [3.05, 3.63) is 34.9 Å². The first-order valence-electron chi connectivity index (χ1n) is 8.21. The minimum Gasteiger partial charge on any atom is -0.444 e. The van der Waals surface area contributed by atoms with Gasteiger partial charge in [-0.25, -0.2) is 4.79 Å². The molecule has 0 saturated carbocycles. The van der Waals surface area contributed by atoms with Crippen LogP contribution in [0.15, 0.2) is 24.3 Å². The van der Waals surface area contributed by atoms with Gasteiger partial charge in [-0.3, -0.25) is 0 Å². The van der Waals surface area contributed by atoms with E-state index in [0.29, 0.717) is 5.92 Å². The predicted molar refractivity (Wildman–Crippen MR) is 93.8 cm³/mol. The lowest BCUT2D eigenvalue weighted by Crippen LogP contribution is -2.43. The lowest BCUT2D eigenvalue weighted by Gasteiger charge is -2.36. The highest BCUT2D eigenvalue weighted by atomic mass is 35.5. The van der Waals surface area contributed by atoms with Gasteiger partial charge in [-0.15, -0.1) is 0 Å². The molecule has 0 spiro atoms. The fourth-order valence-electron chi connectivity index (χ4n) is 3.12. The van der Waals surface area contributed by atoms with Gasteiger partial charge in [-0.05, 0) is 64.3 Å². The topological polar surface area (TPSA) is 41.6 Å². The second kappa shape index (κ2) is 7.54. The summed E-state index contributed by atoms with van der Waals surface area (Å²) in [5, 5.41) is 4.16. The first kappa shape index (κ1) is 18.1. The van der Waals surface area contributed by atoms with Crippen molar-refractivity contribution in [2.75, 3.05) is 20.1 Å². The summed E-state index contributed by atoms with van der Waals surface area (Å²) in [6, 6.07) is 8.26. The van der Waals surface area contributed by atoms with Gasteiger partial charge in [0.25, 0.3) is 0 Å². The molecule has 2 rings (SSSR count). The van der Waals surface area contributed by atoms with Gasteiger partial charge < -0.3 is 15.0 Å². The normalized spacial score (nSPS) is 17.9. The summed E-state index contributed by atoms with van der Waals surface area (Å²) < 4.78 is 5.45. The van der Waals surface area contributed by atoms with Crippen LogP contribution in [0.1, 0.15) is 45.2 Å². The first-order valence-corrected chi connectivity index (χ1v) is 8.58. The molecule has 5 heteroatoms. The van der Waals surface area contributed by atoms with E-state index in [4.69, 9.17) is 16.3 Å². The number of carbonyl (C=O) groups excluding carboxylic acids is 1. The van der Waals surface area contributed by atoms with Gasteiger partial charge in [0.05, 0.1) is 0 Å². The van der Waals surface area contributed by atoms with Crippen LogP contribution in [0.5, 0.6) is 0 Å². The molecule has 23 heavy (non-hydrogen) atoms. The Bertz CT molecular complexity index is 534. The maximum atomic E-state index is 12.1. The van der Waals surface area contributed by atoms with E-state index in [9.17, 15) is 4.79 Å². The third-order valence-electron chi connectivity index (χ3n) is 4.18. The van der Waals surface area contributed by atoms with E-state index in [0.717, 1.165) is 31.0 Å². The molecule has 0 bridgehead atoms. The van der Waals surface area contributed by atoms with E-state index >= 15 is 0 Å². The average Bonchev–Trinajstić information content (AvgIpc) is 2.47. The summed E-state index contributed by atoms with van der Waals surface area (Å²) in [4.78, 5) is 14.0. The molecule has 4 nitrogen and oxygen atoms in total. The number of benzene rings is 1. The van der Waals surface area contributed by atoms with Crippen molar-refractivity contribution in [3.8, 4) is 0 Å². The molecule has 0 radical (unpaired) electrons. The number of carbonyl (C=O) groups is 1. The molecule has 1 aliphatic rings. The van der Waals surface area contributed by atoms with E-state index in [1.54, 1.807) is 0 Å². The van der Waals surface area contributed by atoms with Crippen LogP contribution in [0.4, 0.5) is 4.79 Å². The van der Waals surface area contributed by atoms with Crippen LogP contribution >= 0.6 is 11.6 Å². The molecule has 1 N–H and O–H groups in total. The van der Waals surface area contributed by atoms with Crippen molar-refractivity contribution in [2.45, 2.75) is 45.3 Å². The number of nitrogens with one attached hydrogen (secondary N) is 1. The molecule has 1 aromatic carbocycles. The summed E-state index contributed by atoms with van der Waals surface area (Å²) in [5.41, 5.74) is 0.762. The van der Waals surface area contributed by atoms with Crippen LogP contribution in [0.25, 0.3) is 0 Å². The summed E-state index contributed by atoms with van der Waals surface area (Å²) in [5.74, 6) is 0.483. The summed E-state index contributed by atoms with van der Waals surface area (Å²) in [6.45, 7) is 7.16. The fraction of sp³-hybridized carbons (Fsp3) is 0.611. The molecule has 1 saturated heterocycles. The molecule has 0 aromatic heterocycles. The number of rotatable bonds is 3. The fourth-order valence-corrected chi connectivity index (χ4v) is 3.32. The molecule has 1 unspecified atom stereocenters. The van der Waals surface area contributed by atoms with Crippen LogP contribution in [-0.4, -0.2) is 36.7 Å². The summed E-state index contributed by atoms with van der Waals surface area (Å²) in [6.07, 6.45) is 1.70. The Hall–Kier alpha value is -1.26. The zero-order valence-electron chi connectivity index (χ0n) is 14.4. The third-order valence-corrected chi connectivity index (χ3v) is 4.42. The van der Waals surface area contributed by atoms with Crippen molar-refractivity contribution in [2.24, 2.45) is 5.92 Å². The van der Waals surface area contributed by atoms with Crippen molar-refractivity contribution < 1.29 is 9.53 Å². The van der Waals surface area contributed by atoms with E-state index < -0.39 is 5.60 Å². The van der Waals surface area contributed by atoms with Crippen LogP contribution < -0.4 is 5.32 Å². The van der Waals surface area contributed by atoms with E-state index in [-0.39, 0.29) is 12.1 Å². The SMILES string of the molecule is CNC(c1cccc(Cl)c1)C1CCN(C(=O)OC(C)(C)C)CC1. The Labute approximate surface area is 144 Å². The quantitative estimate of drug-likeness (QED) is 0.895. The molecule has 1 aromatic rings. The van der Waals surface area contributed by atoms with Crippen LogP contribution in [-0.2, 0) is 4.74 Å². The highest BCUT2D eigenvalue weighted by Crippen LogP contribution is 2.32. The van der Waals surface area contributed by atoms with Gasteiger partial charge in [-0.2, -0.15) is 0 Å². The predicted octanol–water partition coefficient (Wildman–Crippen LogP) is 4.25. The highest BCUT2D eigenvalue weighted by molar-refractivity contribution is 6.30. The number of likely N-dealkylation sites (tertiary alicyclic amines) is 1. The number of hydrogen-bond acceptors (Lipinski definition) is 3. The van der Waals surface area contributed by atoms with Gasteiger partial charge in [0, 0.05) is 24.2 Å². The monoisotopic (exact) mass is 338 g/mol. The number of halogens is 1. The molecule has 1 aliphatic heterocycles. The van der Waals surface area contributed by atoms with Crippen molar-refractivity contribution in [3.63, 3.8) is 0 Å². The molecule has 1 heterocycles. The smallest absolute Gasteiger partial charge is 0.410 e. The Morgan fingerprint density at radius 1 is 1.35 bits per heavy atom. The Kier molecular flexibility index (Phi) is 5.93. The number of amides is 1. The zero-order chi connectivity index (χ0) is 17.0. The second-order valence-corrected chi connectivity index (χ2v) is 7.56. The maximum absolute atomic E-state index is 12.1. The van der Waals surface area contributed by atoms with E-state index in [1.165, 1.54) is 5.56 Å². The lowest BCUT2D eigenvalue weighted by atomic mass is 9.85. The van der Waals surface area contributed by atoms with Gasteiger partial charge >= 0.3 is 6.09 Å². The Morgan fingerprint density at radius 2 is 2.00 bits per heavy atom. The van der Waals surface area contributed by atoms with Crippen molar-refractivity contribution in [1.29, 1.82) is 0 Å². The minimum atomic E-state index is -0.442. The number of ether oxygens (including phenoxy) is 1. The summed E-state index contributed by atoms with van der Waals surface area (Å²) >= 11 is 6.11. The first-order chi connectivity index (χ1) is 10.8. The lowest BCUT2D eigenvalue weighted by molar-refractivity contribution is 0.0170. The van der Waals surface area contributed by atoms with Crippen molar-refractivity contribution >= 4 is 17.7 Å². The molecule has 128 valence electrons. The Balaban J connectivity index is 1.96. The molecule has 1 amide bonds. The third kappa shape index (κ3) is 5.11. The second-order valence-electron chi connectivity index (χ2n) is 7.13. The van der Waals surface area contributed by atoms with E-state index in [2.05, 4.69) is 11.4 Å². The molecule has 1 atom stereocenters.